The number of thiazole rings is 1. The number of rotatable bonds is 1. The smallest absolute Gasteiger partial charge is 0.314 e. The molecule has 0 saturated carbocycles. The molecule has 3 heterocycles. The minimum atomic E-state index is -1.57. The van der Waals surface area contributed by atoms with Crippen molar-refractivity contribution in [2.24, 2.45) is 0 Å². The third-order valence-corrected chi connectivity index (χ3v) is 3.62. The van der Waals surface area contributed by atoms with Crippen molar-refractivity contribution in [3.05, 3.63) is 39.1 Å². The standard InChI is InChI=1S/C11H6F3N5OS/c1-3-5(12)7(6(13)8(14)17-3)19-9-4(21-11(19)20)2-16-10(15)18-9/h2H,1H3,(H2,15,16,18). The zero-order valence-electron chi connectivity index (χ0n) is 10.4. The molecule has 3 aromatic heterocycles. The van der Waals surface area contributed by atoms with Gasteiger partial charge in [0.15, 0.2) is 11.5 Å². The molecule has 0 spiro atoms. The highest BCUT2D eigenvalue weighted by molar-refractivity contribution is 7.16. The van der Waals surface area contributed by atoms with E-state index in [9.17, 15) is 18.0 Å². The van der Waals surface area contributed by atoms with Crippen molar-refractivity contribution in [1.29, 1.82) is 0 Å². The molecule has 0 aliphatic carbocycles. The lowest BCUT2D eigenvalue weighted by Gasteiger charge is -2.08. The molecule has 2 N–H and O–H groups in total. The van der Waals surface area contributed by atoms with Gasteiger partial charge in [-0.05, 0) is 6.92 Å². The lowest BCUT2D eigenvalue weighted by atomic mass is 10.3. The number of nitrogen functional groups attached to an aromatic ring is 1. The van der Waals surface area contributed by atoms with Crippen molar-refractivity contribution < 1.29 is 13.2 Å². The zero-order valence-corrected chi connectivity index (χ0v) is 11.2. The highest BCUT2D eigenvalue weighted by Gasteiger charge is 2.24. The van der Waals surface area contributed by atoms with Crippen LogP contribution in [0.2, 0.25) is 0 Å². The Kier molecular flexibility index (Phi) is 2.90. The number of fused-ring (bicyclic) bond motifs is 1. The first-order valence-corrected chi connectivity index (χ1v) is 6.37. The number of pyridine rings is 1. The molecule has 21 heavy (non-hydrogen) atoms. The minimum absolute atomic E-state index is 0.0969. The van der Waals surface area contributed by atoms with Gasteiger partial charge in [0, 0.05) is 0 Å². The maximum Gasteiger partial charge on any atom is 0.314 e. The van der Waals surface area contributed by atoms with Crippen LogP contribution in [-0.4, -0.2) is 19.5 Å². The average Bonchev–Trinajstić information content (AvgIpc) is 2.73. The molecule has 0 unspecified atom stereocenters. The van der Waals surface area contributed by atoms with Gasteiger partial charge in [-0.3, -0.25) is 4.79 Å². The van der Waals surface area contributed by atoms with Crippen molar-refractivity contribution >= 4 is 27.6 Å². The SMILES string of the molecule is Cc1nc(F)c(F)c(-n2c(=O)sc3cnc(N)nc32)c1F. The number of nitrogens with two attached hydrogens (primary N) is 1. The van der Waals surface area contributed by atoms with Crippen LogP contribution < -0.4 is 10.6 Å². The van der Waals surface area contributed by atoms with Gasteiger partial charge in [-0.25, -0.2) is 18.9 Å². The highest BCUT2D eigenvalue weighted by Crippen LogP contribution is 2.25. The van der Waals surface area contributed by atoms with E-state index >= 15 is 0 Å². The van der Waals surface area contributed by atoms with Gasteiger partial charge in [-0.15, -0.1) is 0 Å². The van der Waals surface area contributed by atoms with Crippen LogP contribution in [0.4, 0.5) is 19.1 Å². The minimum Gasteiger partial charge on any atom is -0.368 e. The van der Waals surface area contributed by atoms with Crippen LogP contribution in [0.3, 0.4) is 0 Å². The summed E-state index contributed by atoms with van der Waals surface area (Å²) in [4.78, 5) is 21.8. The maximum atomic E-state index is 14.1. The molecule has 0 aliphatic rings. The molecule has 108 valence electrons. The molecule has 6 nitrogen and oxygen atoms in total. The topological polar surface area (TPSA) is 86.7 Å². The molecular weight excluding hydrogens is 307 g/mol. The number of aryl methyl sites for hydroxylation is 1. The number of nitrogens with zero attached hydrogens (tertiary/aromatic N) is 4. The van der Waals surface area contributed by atoms with E-state index in [0.29, 0.717) is 15.9 Å². The van der Waals surface area contributed by atoms with Gasteiger partial charge in [0.05, 0.1) is 16.6 Å². The lowest BCUT2D eigenvalue weighted by molar-refractivity contribution is 0.454. The first-order chi connectivity index (χ1) is 9.90. The molecular formula is C11H6F3N5OS. The molecule has 3 aromatic rings. The van der Waals surface area contributed by atoms with Crippen LogP contribution in [-0.2, 0) is 0 Å². The number of halogens is 3. The normalized spacial score (nSPS) is 11.2. The fourth-order valence-electron chi connectivity index (χ4n) is 1.84. The Morgan fingerprint density at radius 2 is 1.95 bits per heavy atom. The molecule has 0 saturated heterocycles. The average molecular weight is 313 g/mol. The number of anilines is 1. The largest absolute Gasteiger partial charge is 0.368 e. The third-order valence-electron chi connectivity index (χ3n) is 2.75. The van der Waals surface area contributed by atoms with Crippen LogP contribution in [0, 0.1) is 24.5 Å². The van der Waals surface area contributed by atoms with Gasteiger partial charge in [0.1, 0.15) is 5.69 Å². The predicted octanol–water partition coefficient (Wildman–Crippen LogP) is 1.55. The van der Waals surface area contributed by atoms with E-state index in [1.54, 1.807) is 0 Å². The molecule has 0 aliphatic heterocycles. The van der Waals surface area contributed by atoms with Gasteiger partial charge < -0.3 is 5.73 Å². The summed E-state index contributed by atoms with van der Waals surface area (Å²) in [6.45, 7) is 1.16. The van der Waals surface area contributed by atoms with Gasteiger partial charge in [0.2, 0.25) is 11.8 Å². The van der Waals surface area contributed by atoms with Crippen LogP contribution in [0.1, 0.15) is 5.69 Å². The van der Waals surface area contributed by atoms with E-state index < -0.39 is 28.1 Å². The van der Waals surface area contributed by atoms with E-state index in [1.807, 2.05) is 0 Å². The second-order valence-corrected chi connectivity index (χ2v) is 5.08. The van der Waals surface area contributed by atoms with E-state index in [-0.39, 0.29) is 22.0 Å². The number of hydrogen-bond acceptors (Lipinski definition) is 6. The van der Waals surface area contributed by atoms with Crippen LogP contribution in [0.15, 0.2) is 11.0 Å². The monoisotopic (exact) mass is 313 g/mol. The van der Waals surface area contributed by atoms with Gasteiger partial charge in [0.25, 0.3) is 5.95 Å². The molecule has 0 aromatic carbocycles. The third kappa shape index (κ3) is 1.95. The Bertz CT molecular complexity index is 909. The van der Waals surface area contributed by atoms with Crippen LogP contribution >= 0.6 is 11.3 Å². The Morgan fingerprint density at radius 3 is 2.67 bits per heavy atom. The molecule has 0 amide bonds. The summed E-state index contributed by atoms with van der Waals surface area (Å²) in [5, 5.41) is 0. The summed E-state index contributed by atoms with van der Waals surface area (Å²) in [6.07, 6.45) is 1.25. The quantitative estimate of drug-likeness (QED) is 0.689. The summed E-state index contributed by atoms with van der Waals surface area (Å²) < 4.78 is 42.3. The first-order valence-electron chi connectivity index (χ1n) is 5.55. The number of aromatic nitrogens is 4. The van der Waals surface area contributed by atoms with E-state index in [1.165, 1.54) is 6.20 Å². The molecule has 10 heteroatoms. The Labute approximate surface area is 118 Å². The van der Waals surface area contributed by atoms with E-state index in [0.717, 1.165) is 6.92 Å². The van der Waals surface area contributed by atoms with Crippen molar-refractivity contribution in [1.82, 2.24) is 19.5 Å². The zero-order chi connectivity index (χ0) is 15.3. The van der Waals surface area contributed by atoms with E-state index in [4.69, 9.17) is 5.73 Å². The van der Waals surface area contributed by atoms with Crippen LogP contribution in [0.25, 0.3) is 16.0 Å². The Morgan fingerprint density at radius 1 is 1.24 bits per heavy atom. The van der Waals surface area contributed by atoms with Crippen molar-refractivity contribution in [2.45, 2.75) is 6.92 Å². The second kappa shape index (κ2) is 4.52. The van der Waals surface area contributed by atoms with Crippen molar-refractivity contribution in [3.8, 4) is 5.69 Å². The molecule has 3 rings (SSSR count). The van der Waals surface area contributed by atoms with Gasteiger partial charge >= 0.3 is 4.87 Å². The van der Waals surface area contributed by atoms with Crippen molar-refractivity contribution in [2.75, 3.05) is 5.73 Å². The number of hydrogen-bond donors (Lipinski definition) is 1. The molecule has 0 radical (unpaired) electrons. The Hall–Kier alpha value is -2.49. The maximum absolute atomic E-state index is 14.1. The summed E-state index contributed by atoms with van der Waals surface area (Å²) in [7, 11) is 0. The fourth-order valence-corrected chi connectivity index (χ4v) is 2.63. The lowest BCUT2D eigenvalue weighted by Crippen LogP contribution is -2.17. The first kappa shape index (κ1) is 13.5. The summed E-state index contributed by atoms with van der Waals surface area (Å²) in [6, 6.07) is 0. The van der Waals surface area contributed by atoms with Gasteiger partial charge in [-0.1, -0.05) is 11.3 Å². The fraction of sp³-hybridized carbons (Fsp3) is 0.0909. The molecule has 0 bridgehead atoms. The summed E-state index contributed by atoms with van der Waals surface area (Å²) >= 11 is 0.662. The second-order valence-electron chi connectivity index (χ2n) is 4.08. The molecule has 0 atom stereocenters. The van der Waals surface area contributed by atoms with Crippen molar-refractivity contribution in [3.63, 3.8) is 0 Å². The summed E-state index contributed by atoms with van der Waals surface area (Å²) in [5.41, 5.74) is 4.07. The highest BCUT2D eigenvalue weighted by atomic mass is 32.1. The van der Waals surface area contributed by atoms with Gasteiger partial charge in [-0.2, -0.15) is 13.8 Å². The van der Waals surface area contributed by atoms with Crippen LogP contribution in [0.5, 0.6) is 0 Å². The molecule has 0 fully saturated rings. The Balaban J connectivity index is 2.49. The summed E-state index contributed by atoms with van der Waals surface area (Å²) in [5.74, 6) is -4.40. The predicted molar refractivity (Wildman–Crippen MR) is 69.8 cm³/mol. The van der Waals surface area contributed by atoms with E-state index in [2.05, 4.69) is 15.0 Å².